The van der Waals surface area contributed by atoms with Crippen LogP contribution in [0.25, 0.3) is 0 Å². The molecule has 4 nitrogen and oxygen atoms in total. The van der Waals surface area contributed by atoms with Crippen molar-refractivity contribution < 1.29 is 17.9 Å². The van der Waals surface area contributed by atoms with Crippen LogP contribution in [0.4, 0.5) is 13.2 Å². The lowest BCUT2D eigenvalue weighted by Crippen LogP contribution is -2.56. The Morgan fingerprint density at radius 2 is 2.00 bits per heavy atom. The summed E-state index contributed by atoms with van der Waals surface area (Å²) in [5.74, 6) is 0. The van der Waals surface area contributed by atoms with Crippen molar-refractivity contribution in [2.45, 2.75) is 31.6 Å². The molecular formula is C10H18F3N3O. The maximum atomic E-state index is 12.8. The van der Waals surface area contributed by atoms with Gasteiger partial charge in [-0.15, -0.1) is 0 Å². The first kappa shape index (κ1) is 16.2. The Balaban J connectivity index is 4.75. The highest BCUT2D eigenvalue weighted by Crippen LogP contribution is 2.26. The van der Waals surface area contributed by atoms with Crippen LogP contribution in [-0.2, 0) is 4.74 Å². The Kier molecular flexibility index (Phi) is 7.11. The fourth-order valence-corrected chi connectivity index (χ4v) is 1.63. The Labute approximate surface area is 99.1 Å². The number of alkyl halides is 3. The number of nitriles is 1. The van der Waals surface area contributed by atoms with E-state index in [0.717, 1.165) is 4.90 Å². The number of nitrogens with zero attached hydrogens (tertiary/aromatic N) is 2. The quantitative estimate of drug-likeness (QED) is 0.738. The lowest BCUT2D eigenvalue weighted by Gasteiger charge is -2.34. The molecule has 100 valence electrons. The number of halogens is 3. The van der Waals surface area contributed by atoms with Gasteiger partial charge in [-0.1, -0.05) is 0 Å². The fourth-order valence-electron chi connectivity index (χ4n) is 1.63. The van der Waals surface area contributed by atoms with E-state index in [1.165, 1.54) is 14.0 Å². The van der Waals surface area contributed by atoms with Crippen molar-refractivity contribution in [3.63, 3.8) is 0 Å². The third-order valence-corrected chi connectivity index (χ3v) is 2.32. The molecule has 0 saturated heterocycles. The second-order valence-electron chi connectivity index (χ2n) is 3.78. The van der Waals surface area contributed by atoms with Crippen molar-refractivity contribution in [1.29, 1.82) is 5.26 Å². The number of hydrogen-bond acceptors (Lipinski definition) is 4. The number of rotatable bonds is 7. The average Bonchev–Trinajstić information content (AvgIpc) is 2.19. The van der Waals surface area contributed by atoms with E-state index in [1.54, 1.807) is 0 Å². The summed E-state index contributed by atoms with van der Waals surface area (Å²) in [6.07, 6.45) is -4.37. The minimum Gasteiger partial charge on any atom is -0.383 e. The first-order valence-corrected chi connectivity index (χ1v) is 5.26. The molecule has 0 aromatic heterocycles. The van der Waals surface area contributed by atoms with Crippen LogP contribution in [0.5, 0.6) is 0 Å². The van der Waals surface area contributed by atoms with Crippen LogP contribution in [0, 0.1) is 11.3 Å². The van der Waals surface area contributed by atoms with Gasteiger partial charge in [0.25, 0.3) is 0 Å². The highest BCUT2D eigenvalue weighted by molar-refractivity contribution is 4.87. The summed E-state index contributed by atoms with van der Waals surface area (Å²) in [4.78, 5) is 1.15. The Morgan fingerprint density at radius 1 is 1.41 bits per heavy atom. The van der Waals surface area contributed by atoms with Crippen LogP contribution in [0.2, 0.25) is 0 Å². The van der Waals surface area contributed by atoms with Crippen LogP contribution in [0.15, 0.2) is 0 Å². The molecule has 0 fully saturated rings. The van der Waals surface area contributed by atoms with Crippen molar-refractivity contribution >= 4 is 0 Å². The van der Waals surface area contributed by atoms with Crippen LogP contribution in [-0.4, -0.2) is 50.0 Å². The first-order valence-electron chi connectivity index (χ1n) is 5.26. The SMILES string of the molecule is COCCN(CCC#N)C(C(C)N)C(F)(F)F. The monoisotopic (exact) mass is 253 g/mol. The van der Waals surface area contributed by atoms with Crippen LogP contribution in [0.1, 0.15) is 13.3 Å². The van der Waals surface area contributed by atoms with Gasteiger partial charge >= 0.3 is 6.18 Å². The van der Waals surface area contributed by atoms with E-state index in [-0.39, 0.29) is 26.1 Å². The first-order chi connectivity index (χ1) is 7.84. The molecule has 2 atom stereocenters. The van der Waals surface area contributed by atoms with Gasteiger partial charge in [-0.3, -0.25) is 4.90 Å². The van der Waals surface area contributed by atoms with Crippen molar-refractivity contribution in [2.75, 3.05) is 26.8 Å². The molecule has 17 heavy (non-hydrogen) atoms. The summed E-state index contributed by atoms with van der Waals surface area (Å²) in [6, 6.07) is -0.966. The molecule has 7 heteroatoms. The second-order valence-corrected chi connectivity index (χ2v) is 3.78. The molecule has 0 aromatic carbocycles. The highest BCUT2D eigenvalue weighted by atomic mass is 19.4. The second kappa shape index (κ2) is 7.48. The molecule has 0 spiro atoms. The summed E-state index contributed by atoms with van der Waals surface area (Å²) < 4.78 is 43.3. The third-order valence-electron chi connectivity index (χ3n) is 2.32. The van der Waals surface area contributed by atoms with E-state index < -0.39 is 18.3 Å². The molecule has 0 aliphatic heterocycles. The third kappa shape index (κ3) is 5.86. The van der Waals surface area contributed by atoms with Gasteiger partial charge in [-0.2, -0.15) is 18.4 Å². The molecule has 0 rings (SSSR count). The van der Waals surface area contributed by atoms with E-state index in [2.05, 4.69) is 0 Å². The maximum absolute atomic E-state index is 12.8. The van der Waals surface area contributed by atoms with Gasteiger partial charge in [0.1, 0.15) is 6.04 Å². The lowest BCUT2D eigenvalue weighted by molar-refractivity contribution is -0.189. The van der Waals surface area contributed by atoms with Crippen LogP contribution < -0.4 is 5.73 Å². The van der Waals surface area contributed by atoms with E-state index in [0.29, 0.717) is 0 Å². The van der Waals surface area contributed by atoms with Gasteiger partial charge in [0.2, 0.25) is 0 Å². The minimum atomic E-state index is -4.41. The smallest absolute Gasteiger partial charge is 0.383 e. The van der Waals surface area contributed by atoms with E-state index in [9.17, 15) is 13.2 Å². The average molecular weight is 253 g/mol. The number of methoxy groups -OCH3 is 1. The van der Waals surface area contributed by atoms with Gasteiger partial charge in [0.05, 0.1) is 12.7 Å². The zero-order valence-electron chi connectivity index (χ0n) is 10.00. The standard InChI is InChI=1S/C10H18F3N3O/c1-8(15)9(10(11,12)13)16(5-3-4-14)6-7-17-2/h8-9H,3,5-7,15H2,1-2H3. The van der Waals surface area contributed by atoms with Gasteiger partial charge in [-0.25, -0.2) is 0 Å². The largest absolute Gasteiger partial charge is 0.405 e. The zero-order chi connectivity index (χ0) is 13.5. The zero-order valence-corrected chi connectivity index (χ0v) is 10.00. The van der Waals surface area contributed by atoms with Crippen molar-refractivity contribution in [1.82, 2.24) is 4.90 Å². The van der Waals surface area contributed by atoms with Crippen molar-refractivity contribution in [3.8, 4) is 6.07 Å². The maximum Gasteiger partial charge on any atom is 0.405 e. The van der Waals surface area contributed by atoms with Crippen molar-refractivity contribution in [3.05, 3.63) is 0 Å². The molecule has 0 aliphatic rings. The molecule has 0 saturated carbocycles. The molecule has 0 bridgehead atoms. The predicted molar refractivity (Wildman–Crippen MR) is 57.2 cm³/mol. The Bertz CT molecular complexity index is 250. The van der Waals surface area contributed by atoms with Gasteiger partial charge in [-0.05, 0) is 6.92 Å². The molecule has 2 N–H and O–H groups in total. The summed E-state index contributed by atoms with van der Waals surface area (Å²) in [7, 11) is 1.41. The Morgan fingerprint density at radius 3 is 2.35 bits per heavy atom. The van der Waals surface area contributed by atoms with Crippen molar-refractivity contribution in [2.24, 2.45) is 5.73 Å². The molecule has 0 aliphatic carbocycles. The molecular weight excluding hydrogens is 235 g/mol. The summed E-state index contributed by atoms with van der Waals surface area (Å²) in [6.45, 7) is 1.62. The van der Waals surface area contributed by atoms with Gasteiger partial charge in [0.15, 0.2) is 0 Å². The predicted octanol–water partition coefficient (Wildman–Crippen LogP) is 1.13. The molecule has 0 amide bonds. The van der Waals surface area contributed by atoms with E-state index >= 15 is 0 Å². The molecule has 0 heterocycles. The molecule has 0 radical (unpaired) electrons. The van der Waals surface area contributed by atoms with E-state index in [4.69, 9.17) is 15.7 Å². The van der Waals surface area contributed by atoms with E-state index in [1.807, 2.05) is 6.07 Å². The fraction of sp³-hybridized carbons (Fsp3) is 0.900. The van der Waals surface area contributed by atoms with Gasteiger partial charge < -0.3 is 10.5 Å². The summed E-state index contributed by atoms with van der Waals surface area (Å²) >= 11 is 0. The van der Waals surface area contributed by atoms with Gasteiger partial charge in [0, 0.05) is 32.7 Å². The topological polar surface area (TPSA) is 62.3 Å². The molecule has 2 unspecified atom stereocenters. The lowest BCUT2D eigenvalue weighted by atomic mass is 10.1. The minimum absolute atomic E-state index is 0.0308. The van der Waals surface area contributed by atoms with Crippen LogP contribution in [0.3, 0.4) is 0 Å². The Hall–Kier alpha value is -0.840. The number of nitrogens with two attached hydrogens (primary N) is 1. The number of ether oxygens (including phenoxy) is 1. The summed E-state index contributed by atoms with van der Waals surface area (Å²) in [5.41, 5.74) is 5.38. The summed E-state index contributed by atoms with van der Waals surface area (Å²) in [5, 5.41) is 8.44. The molecule has 0 aromatic rings. The van der Waals surface area contributed by atoms with Crippen LogP contribution >= 0.6 is 0 Å². The normalized spacial score (nSPS) is 15.6. The number of hydrogen-bond donors (Lipinski definition) is 1. The highest BCUT2D eigenvalue weighted by Gasteiger charge is 2.45.